The molecule has 1 fully saturated rings. The Morgan fingerprint density at radius 1 is 1.04 bits per heavy atom. The first kappa shape index (κ1) is 18.5. The molecule has 0 aliphatic carbocycles. The number of imidazole rings is 1. The highest BCUT2D eigenvalue weighted by atomic mass is 19.1. The summed E-state index contributed by atoms with van der Waals surface area (Å²) in [5.74, 6) is 0.638. The molecule has 5 nitrogen and oxygen atoms in total. The number of aryl methyl sites for hydroxylation is 4. The third kappa shape index (κ3) is 3.23. The normalized spacial score (nSPS) is 14.6. The summed E-state index contributed by atoms with van der Waals surface area (Å²) in [5, 5.41) is 2.86. The van der Waals surface area contributed by atoms with Crippen LogP contribution in [0.4, 0.5) is 10.3 Å². The number of nitrogens with zero attached hydrogens (tertiary/aromatic N) is 3. The SMILES string of the molecule is Cc1cc2nc(N3CCNC(=O)C3)n(Cc3cc(C)c(F)c(C)c3)c2cc1C. The number of aromatic nitrogens is 2. The van der Waals surface area contributed by atoms with E-state index in [1.807, 2.05) is 17.0 Å². The van der Waals surface area contributed by atoms with Gasteiger partial charge in [0.2, 0.25) is 11.9 Å². The number of rotatable bonds is 3. The van der Waals surface area contributed by atoms with Gasteiger partial charge in [-0.05, 0) is 67.6 Å². The van der Waals surface area contributed by atoms with E-state index in [4.69, 9.17) is 4.98 Å². The van der Waals surface area contributed by atoms with Crippen molar-refractivity contribution in [2.24, 2.45) is 0 Å². The van der Waals surface area contributed by atoms with E-state index in [2.05, 4.69) is 35.9 Å². The number of anilines is 1. The number of carbonyl (C=O) groups is 1. The van der Waals surface area contributed by atoms with E-state index in [0.717, 1.165) is 22.5 Å². The van der Waals surface area contributed by atoms with Crippen molar-refractivity contribution in [2.45, 2.75) is 34.2 Å². The second-order valence-corrected chi connectivity index (χ2v) is 7.74. The molecule has 0 atom stereocenters. The van der Waals surface area contributed by atoms with Crippen molar-refractivity contribution >= 4 is 22.9 Å². The standard InChI is InChI=1S/C22H25FN4O/c1-13-9-18-19(10-14(13)2)27(11-17-7-15(3)21(23)16(4)8-17)22(25-18)26-6-5-24-20(28)12-26/h7-10H,5-6,11-12H2,1-4H3,(H,24,28). The van der Waals surface area contributed by atoms with Gasteiger partial charge < -0.3 is 14.8 Å². The number of fused-ring (bicyclic) bond motifs is 1. The van der Waals surface area contributed by atoms with Gasteiger partial charge >= 0.3 is 0 Å². The zero-order chi connectivity index (χ0) is 20.0. The number of hydrogen-bond donors (Lipinski definition) is 1. The van der Waals surface area contributed by atoms with Crippen LogP contribution >= 0.6 is 0 Å². The molecule has 1 saturated heterocycles. The lowest BCUT2D eigenvalue weighted by Crippen LogP contribution is -2.48. The maximum atomic E-state index is 14.1. The molecule has 3 aromatic rings. The molecular weight excluding hydrogens is 355 g/mol. The summed E-state index contributed by atoms with van der Waals surface area (Å²) in [5.41, 5.74) is 6.65. The predicted molar refractivity (Wildman–Crippen MR) is 109 cm³/mol. The van der Waals surface area contributed by atoms with Crippen LogP contribution in [-0.2, 0) is 11.3 Å². The Bertz CT molecular complexity index is 1060. The van der Waals surface area contributed by atoms with E-state index in [1.54, 1.807) is 13.8 Å². The summed E-state index contributed by atoms with van der Waals surface area (Å²) in [6.45, 7) is 9.95. The van der Waals surface area contributed by atoms with Crippen molar-refractivity contribution in [3.05, 3.63) is 57.9 Å². The van der Waals surface area contributed by atoms with Gasteiger partial charge in [0.25, 0.3) is 0 Å². The summed E-state index contributed by atoms with van der Waals surface area (Å²) in [4.78, 5) is 18.8. The highest BCUT2D eigenvalue weighted by Gasteiger charge is 2.23. The topological polar surface area (TPSA) is 50.2 Å². The Labute approximate surface area is 164 Å². The molecule has 0 spiro atoms. The fourth-order valence-electron chi connectivity index (χ4n) is 3.88. The van der Waals surface area contributed by atoms with Crippen molar-refractivity contribution in [1.82, 2.24) is 14.9 Å². The maximum absolute atomic E-state index is 14.1. The van der Waals surface area contributed by atoms with Crippen molar-refractivity contribution < 1.29 is 9.18 Å². The Balaban J connectivity index is 1.85. The molecule has 2 aromatic carbocycles. The molecule has 28 heavy (non-hydrogen) atoms. The fraction of sp³-hybridized carbons (Fsp3) is 0.364. The fourth-order valence-corrected chi connectivity index (χ4v) is 3.88. The number of benzene rings is 2. The summed E-state index contributed by atoms with van der Waals surface area (Å²) in [6.07, 6.45) is 0. The third-order valence-electron chi connectivity index (χ3n) is 5.50. The third-order valence-corrected chi connectivity index (χ3v) is 5.50. The molecule has 2 heterocycles. The first-order chi connectivity index (χ1) is 13.3. The minimum absolute atomic E-state index is 0.00527. The van der Waals surface area contributed by atoms with Crippen molar-refractivity contribution in [1.29, 1.82) is 0 Å². The number of hydrogen-bond acceptors (Lipinski definition) is 3. The summed E-state index contributed by atoms with van der Waals surface area (Å²) >= 11 is 0. The van der Waals surface area contributed by atoms with Crippen LogP contribution in [0, 0.1) is 33.5 Å². The number of piperazine rings is 1. The van der Waals surface area contributed by atoms with E-state index in [9.17, 15) is 9.18 Å². The molecule has 6 heteroatoms. The van der Waals surface area contributed by atoms with Crippen LogP contribution in [-0.4, -0.2) is 35.1 Å². The molecule has 1 aliphatic rings. The number of nitrogens with one attached hydrogen (secondary N) is 1. The van der Waals surface area contributed by atoms with E-state index in [-0.39, 0.29) is 11.7 Å². The molecule has 1 amide bonds. The van der Waals surface area contributed by atoms with Crippen molar-refractivity contribution in [3.8, 4) is 0 Å². The monoisotopic (exact) mass is 380 g/mol. The average Bonchev–Trinajstić information content (AvgIpc) is 2.97. The van der Waals surface area contributed by atoms with Crippen LogP contribution in [0.25, 0.3) is 11.0 Å². The van der Waals surface area contributed by atoms with Gasteiger partial charge in [-0.1, -0.05) is 12.1 Å². The van der Waals surface area contributed by atoms with Crippen LogP contribution in [0.1, 0.15) is 27.8 Å². The molecule has 1 aromatic heterocycles. The Hall–Kier alpha value is -2.89. The van der Waals surface area contributed by atoms with Gasteiger partial charge in [0.15, 0.2) is 0 Å². The summed E-state index contributed by atoms with van der Waals surface area (Å²) in [7, 11) is 0. The van der Waals surface area contributed by atoms with Gasteiger partial charge in [0.05, 0.1) is 24.1 Å². The molecule has 0 radical (unpaired) electrons. The molecule has 4 rings (SSSR count). The van der Waals surface area contributed by atoms with Gasteiger partial charge in [-0.15, -0.1) is 0 Å². The van der Waals surface area contributed by atoms with Crippen LogP contribution in [0.3, 0.4) is 0 Å². The van der Waals surface area contributed by atoms with Gasteiger partial charge in [-0.3, -0.25) is 4.79 Å². The van der Waals surface area contributed by atoms with Gasteiger partial charge in [0, 0.05) is 13.1 Å². The second kappa shape index (κ2) is 6.93. The van der Waals surface area contributed by atoms with E-state index in [1.165, 1.54) is 11.1 Å². The zero-order valence-corrected chi connectivity index (χ0v) is 16.8. The predicted octanol–water partition coefficient (Wildman–Crippen LogP) is 3.39. The number of amides is 1. The highest BCUT2D eigenvalue weighted by Crippen LogP contribution is 2.28. The molecule has 0 saturated carbocycles. The van der Waals surface area contributed by atoms with Gasteiger partial charge in [-0.2, -0.15) is 0 Å². The molecule has 1 N–H and O–H groups in total. The second-order valence-electron chi connectivity index (χ2n) is 7.74. The smallest absolute Gasteiger partial charge is 0.239 e. The quantitative estimate of drug-likeness (QED) is 0.758. The molecule has 1 aliphatic heterocycles. The number of carbonyl (C=O) groups excluding carboxylic acids is 1. The Morgan fingerprint density at radius 2 is 1.71 bits per heavy atom. The van der Waals surface area contributed by atoms with Gasteiger partial charge in [-0.25, -0.2) is 9.37 Å². The minimum Gasteiger partial charge on any atom is -0.353 e. The van der Waals surface area contributed by atoms with E-state index >= 15 is 0 Å². The van der Waals surface area contributed by atoms with Crippen LogP contribution in [0.2, 0.25) is 0 Å². The summed E-state index contributed by atoms with van der Waals surface area (Å²) in [6, 6.07) is 8.02. The van der Waals surface area contributed by atoms with Crippen LogP contribution in [0.15, 0.2) is 24.3 Å². The first-order valence-corrected chi connectivity index (χ1v) is 9.58. The Morgan fingerprint density at radius 3 is 2.39 bits per heavy atom. The molecule has 0 unspecified atom stereocenters. The molecule has 146 valence electrons. The lowest BCUT2D eigenvalue weighted by atomic mass is 10.1. The Kier molecular flexibility index (Phi) is 4.57. The van der Waals surface area contributed by atoms with E-state index < -0.39 is 0 Å². The molecular formula is C22H25FN4O. The van der Waals surface area contributed by atoms with Gasteiger partial charge in [0.1, 0.15) is 5.82 Å². The van der Waals surface area contributed by atoms with Crippen LogP contribution in [0.5, 0.6) is 0 Å². The van der Waals surface area contributed by atoms with Crippen LogP contribution < -0.4 is 10.2 Å². The lowest BCUT2D eigenvalue weighted by Gasteiger charge is -2.28. The number of halogens is 1. The van der Waals surface area contributed by atoms with Crippen molar-refractivity contribution in [3.63, 3.8) is 0 Å². The summed E-state index contributed by atoms with van der Waals surface area (Å²) < 4.78 is 16.2. The maximum Gasteiger partial charge on any atom is 0.239 e. The lowest BCUT2D eigenvalue weighted by molar-refractivity contribution is -0.120. The molecule has 0 bridgehead atoms. The van der Waals surface area contributed by atoms with E-state index in [0.29, 0.717) is 37.3 Å². The highest BCUT2D eigenvalue weighted by molar-refractivity contribution is 5.85. The minimum atomic E-state index is -0.154. The first-order valence-electron chi connectivity index (χ1n) is 9.58. The average molecular weight is 380 g/mol. The zero-order valence-electron chi connectivity index (χ0n) is 16.8. The largest absolute Gasteiger partial charge is 0.353 e. The van der Waals surface area contributed by atoms with Crippen molar-refractivity contribution in [2.75, 3.05) is 24.5 Å².